The number of nitrogens with one attached hydrogen (secondary N) is 1. The number of ether oxygens (including phenoxy) is 2. The molecule has 20 heavy (non-hydrogen) atoms. The predicted molar refractivity (Wildman–Crippen MR) is 78.7 cm³/mol. The Morgan fingerprint density at radius 3 is 2.45 bits per heavy atom. The van der Waals surface area contributed by atoms with Crippen molar-refractivity contribution in [3.8, 4) is 0 Å². The Hall–Kier alpha value is -1.85. The summed E-state index contributed by atoms with van der Waals surface area (Å²) < 4.78 is 12.4. The van der Waals surface area contributed by atoms with Gasteiger partial charge in [0.05, 0.1) is 12.6 Å². The molecule has 1 unspecified atom stereocenters. The van der Waals surface area contributed by atoms with Gasteiger partial charge in [0.15, 0.2) is 6.29 Å². The fraction of sp³-hybridized carbons (Fsp3) is 0.400. The molecule has 0 amide bonds. The van der Waals surface area contributed by atoms with Gasteiger partial charge in [0.2, 0.25) is 0 Å². The van der Waals surface area contributed by atoms with E-state index in [1.165, 1.54) is 5.56 Å². The molecule has 1 atom stereocenters. The lowest BCUT2D eigenvalue weighted by atomic mass is 10.2. The number of methoxy groups -OCH3 is 2. The second kappa shape index (κ2) is 7.07. The van der Waals surface area contributed by atoms with Crippen molar-refractivity contribution in [2.45, 2.75) is 25.8 Å². The molecule has 0 saturated carbocycles. The van der Waals surface area contributed by atoms with Gasteiger partial charge in [-0.15, -0.1) is 0 Å². The topological polar surface area (TPSA) is 48.3 Å². The molecule has 0 aliphatic carbocycles. The van der Waals surface area contributed by atoms with Crippen molar-refractivity contribution in [1.29, 1.82) is 0 Å². The molecule has 1 N–H and O–H groups in total. The van der Waals surface area contributed by atoms with E-state index in [4.69, 9.17) is 9.47 Å². The summed E-state index contributed by atoms with van der Waals surface area (Å²) in [6, 6.07) is 10.3. The lowest BCUT2D eigenvalue weighted by Crippen LogP contribution is -2.33. The molecule has 1 heterocycles. The Balaban J connectivity index is 1.94. The minimum absolute atomic E-state index is 0.0713. The van der Waals surface area contributed by atoms with Crippen LogP contribution >= 0.6 is 0 Å². The largest absolute Gasteiger partial charge is 0.377 e. The average molecular weight is 275 g/mol. The number of nitrogens with zero attached hydrogens (tertiary/aromatic N) is 2. The highest BCUT2D eigenvalue weighted by atomic mass is 16.7. The van der Waals surface area contributed by atoms with Gasteiger partial charge >= 0.3 is 0 Å². The molecular weight excluding hydrogens is 254 g/mol. The maximum atomic E-state index is 5.23. The standard InChI is InChI=1S/C15H21N3O2/c1-12(15(19-2)20-3)17-14-7-5-13(6-8-14)11-18-10-4-9-16-18/h4-10,12,15,17H,11H2,1-3H3. The molecule has 1 aromatic carbocycles. The van der Waals surface area contributed by atoms with E-state index in [1.807, 2.05) is 23.9 Å². The first kappa shape index (κ1) is 14.6. The average Bonchev–Trinajstić information content (AvgIpc) is 2.95. The van der Waals surface area contributed by atoms with Crippen LogP contribution in [0.4, 0.5) is 5.69 Å². The normalized spacial score (nSPS) is 12.6. The molecule has 0 aliphatic heterocycles. The highest BCUT2D eigenvalue weighted by Gasteiger charge is 2.15. The van der Waals surface area contributed by atoms with Crippen molar-refractivity contribution in [3.63, 3.8) is 0 Å². The summed E-state index contributed by atoms with van der Waals surface area (Å²) in [5.41, 5.74) is 2.25. The first-order valence-electron chi connectivity index (χ1n) is 6.61. The predicted octanol–water partition coefficient (Wildman–Crippen LogP) is 2.35. The van der Waals surface area contributed by atoms with Crippen molar-refractivity contribution < 1.29 is 9.47 Å². The molecule has 0 fully saturated rings. The van der Waals surface area contributed by atoms with Crippen LogP contribution in [0.15, 0.2) is 42.7 Å². The molecule has 0 bridgehead atoms. The van der Waals surface area contributed by atoms with Gasteiger partial charge in [-0.1, -0.05) is 12.1 Å². The second-order valence-electron chi connectivity index (χ2n) is 4.67. The SMILES string of the molecule is COC(OC)C(C)Nc1ccc(Cn2cccn2)cc1. The minimum Gasteiger partial charge on any atom is -0.377 e. The molecule has 0 saturated heterocycles. The van der Waals surface area contributed by atoms with Gasteiger partial charge in [-0.2, -0.15) is 5.10 Å². The molecule has 0 aliphatic rings. The van der Waals surface area contributed by atoms with E-state index in [1.54, 1.807) is 20.4 Å². The maximum absolute atomic E-state index is 5.23. The second-order valence-corrected chi connectivity index (χ2v) is 4.67. The zero-order valence-corrected chi connectivity index (χ0v) is 12.1. The Morgan fingerprint density at radius 2 is 1.90 bits per heavy atom. The highest BCUT2D eigenvalue weighted by molar-refractivity contribution is 5.45. The molecule has 5 nitrogen and oxygen atoms in total. The Bertz CT molecular complexity index is 492. The van der Waals surface area contributed by atoms with Gasteiger partial charge in [-0.05, 0) is 30.7 Å². The molecule has 1 aromatic heterocycles. The van der Waals surface area contributed by atoms with E-state index < -0.39 is 0 Å². The van der Waals surface area contributed by atoms with E-state index in [0.717, 1.165) is 12.2 Å². The summed E-state index contributed by atoms with van der Waals surface area (Å²) in [4.78, 5) is 0. The summed E-state index contributed by atoms with van der Waals surface area (Å²) in [7, 11) is 3.28. The quantitative estimate of drug-likeness (QED) is 0.788. The molecule has 2 rings (SSSR count). The molecular formula is C15H21N3O2. The van der Waals surface area contributed by atoms with Crippen LogP contribution in [0.3, 0.4) is 0 Å². The smallest absolute Gasteiger partial charge is 0.176 e. The lowest BCUT2D eigenvalue weighted by molar-refractivity contribution is -0.109. The maximum Gasteiger partial charge on any atom is 0.176 e. The Morgan fingerprint density at radius 1 is 1.20 bits per heavy atom. The van der Waals surface area contributed by atoms with Gasteiger partial charge in [-0.3, -0.25) is 4.68 Å². The number of hydrogen-bond donors (Lipinski definition) is 1. The van der Waals surface area contributed by atoms with E-state index >= 15 is 0 Å². The third kappa shape index (κ3) is 3.82. The fourth-order valence-electron chi connectivity index (χ4n) is 2.12. The van der Waals surface area contributed by atoms with Gasteiger partial charge in [0.1, 0.15) is 0 Å². The van der Waals surface area contributed by atoms with Crippen LogP contribution in [0, 0.1) is 0 Å². The summed E-state index contributed by atoms with van der Waals surface area (Å²) in [5.74, 6) is 0. The third-order valence-corrected chi connectivity index (χ3v) is 3.12. The molecule has 2 aromatic rings. The van der Waals surface area contributed by atoms with Gasteiger partial charge < -0.3 is 14.8 Å². The van der Waals surface area contributed by atoms with Crippen LogP contribution in [0.2, 0.25) is 0 Å². The van der Waals surface area contributed by atoms with E-state index in [-0.39, 0.29) is 12.3 Å². The molecule has 108 valence electrons. The Labute approximate surface area is 119 Å². The summed E-state index contributed by atoms with van der Waals surface area (Å²) in [6.07, 6.45) is 3.47. The van der Waals surface area contributed by atoms with Crippen molar-refractivity contribution in [2.75, 3.05) is 19.5 Å². The minimum atomic E-state index is -0.265. The van der Waals surface area contributed by atoms with Crippen molar-refractivity contribution in [3.05, 3.63) is 48.3 Å². The van der Waals surface area contributed by atoms with Crippen LogP contribution < -0.4 is 5.32 Å². The molecule has 5 heteroatoms. The van der Waals surface area contributed by atoms with Crippen molar-refractivity contribution >= 4 is 5.69 Å². The van der Waals surface area contributed by atoms with Crippen molar-refractivity contribution in [2.24, 2.45) is 0 Å². The molecule has 0 radical (unpaired) electrons. The van der Waals surface area contributed by atoms with E-state index in [9.17, 15) is 0 Å². The van der Waals surface area contributed by atoms with Crippen LogP contribution in [0.1, 0.15) is 12.5 Å². The number of anilines is 1. The monoisotopic (exact) mass is 275 g/mol. The van der Waals surface area contributed by atoms with Crippen LogP contribution in [0.25, 0.3) is 0 Å². The lowest BCUT2D eigenvalue weighted by Gasteiger charge is -2.23. The van der Waals surface area contributed by atoms with Crippen LogP contribution in [-0.4, -0.2) is 36.3 Å². The van der Waals surface area contributed by atoms with Crippen LogP contribution in [-0.2, 0) is 16.0 Å². The summed E-state index contributed by atoms with van der Waals surface area (Å²) in [5, 5.41) is 7.55. The summed E-state index contributed by atoms with van der Waals surface area (Å²) in [6.45, 7) is 2.80. The first-order valence-corrected chi connectivity index (χ1v) is 6.61. The molecule has 0 spiro atoms. The summed E-state index contributed by atoms with van der Waals surface area (Å²) >= 11 is 0. The number of aromatic nitrogens is 2. The van der Waals surface area contributed by atoms with Gasteiger partial charge in [0.25, 0.3) is 0 Å². The number of rotatable bonds is 7. The zero-order valence-electron chi connectivity index (χ0n) is 12.1. The van der Waals surface area contributed by atoms with Crippen LogP contribution in [0.5, 0.6) is 0 Å². The zero-order chi connectivity index (χ0) is 14.4. The van der Waals surface area contributed by atoms with Crippen molar-refractivity contribution in [1.82, 2.24) is 9.78 Å². The van der Waals surface area contributed by atoms with Gasteiger partial charge in [0, 0.05) is 32.3 Å². The highest BCUT2D eigenvalue weighted by Crippen LogP contribution is 2.13. The third-order valence-electron chi connectivity index (χ3n) is 3.12. The van der Waals surface area contributed by atoms with E-state index in [0.29, 0.717) is 0 Å². The Kier molecular flexibility index (Phi) is 5.15. The number of hydrogen-bond acceptors (Lipinski definition) is 4. The fourth-order valence-corrected chi connectivity index (χ4v) is 2.12. The van der Waals surface area contributed by atoms with E-state index in [2.05, 4.69) is 34.7 Å². The van der Waals surface area contributed by atoms with Gasteiger partial charge in [-0.25, -0.2) is 0 Å². The number of benzene rings is 1. The first-order chi connectivity index (χ1) is 9.72.